The highest BCUT2D eigenvalue weighted by atomic mass is 32.1. The van der Waals surface area contributed by atoms with E-state index < -0.39 is 0 Å². The molecule has 0 bridgehead atoms. The number of hydrogen-bond donors (Lipinski definition) is 0. The van der Waals surface area contributed by atoms with Gasteiger partial charge in [0, 0.05) is 10.3 Å². The second kappa shape index (κ2) is 7.94. The van der Waals surface area contributed by atoms with E-state index in [0.717, 1.165) is 12.8 Å². The first kappa shape index (κ1) is 17.8. The molecular formula is C26H24S. The summed E-state index contributed by atoms with van der Waals surface area (Å²) < 4.78 is 0. The van der Waals surface area contributed by atoms with Crippen molar-refractivity contribution in [1.29, 1.82) is 0 Å². The predicted molar refractivity (Wildman–Crippen MR) is 117 cm³/mol. The van der Waals surface area contributed by atoms with Gasteiger partial charge in [-0.05, 0) is 46.5 Å². The maximum absolute atomic E-state index is 2.40. The minimum atomic E-state index is 0.0837. The lowest BCUT2D eigenvalue weighted by molar-refractivity contribution is 0.469. The Labute approximate surface area is 166 Å². The van der Waals surface area contributed by atoms with Crippen molar-refractivity contribution in [1.82, 2.24) is 0 Å². The standard InChI is InChI=1S/C26H24S/c1-26(20-25-13-8-18-27-25,24-11-6-3-7-12-24)19-21-14-16-23(17-15-21)22-9-4-2-5-10-22/h2-18H,19-20H2,1H3. The lowest BCUT2D eigenvalue weighted by Crippen LogP contribution is -2.27. The fourth-order valence-electron chi connectivity index (χ4n) is 3.80. The Kier molecular flexibility index (Phi) is 5.22. The van der Waals surface area contributed by atoms with Crippen LogP contribution in [0.3, 0.4) is 0 Å². The van der Waals surface area contributed by atoms with E-state index in [1.54, 1.807) is 0 Å². The summed E-state index contributed by atoms with van der Waals surface area (Å²) in [6.45, 7) is 2.40. The van der Waals surface area contributed by atoms with Crippen molar-refractivity contribution in [2.45, 2.75) is 25.2 Å². The third-order valence-electron chi connectivity index (χ3n) is 5.27. The van der Waals surface area contributed by atoms with E-state index in [9.17, 15) is 0 Å². The highest BCUT2D eigenvalue weighted by molar-refractivity contribution is 7.09. The molecule has 4 aromatic rings. The molecule has 3 aromatic carbocycles. The van der Waals surface area contributed by atoms with Crippen LogP contribution in [0.5, 0.6) is 0 Å². The highest BCUT2D eigenvalue weighted by Crippen LogP contribution is 2.34. The molecule has 1 unspecified atom stereocenters. The minimum Gasteiger partial charge on any atom is -0.149 e. The third-order valence-corrected chi connectivity index (χ3v) is 6.15. The number of hydrogen-bond acceptors (Lipinski definition) is 1. The molecule has 1 atom stereocenters. The first-order valence-electron chi connectivity index (χ1n) is 9.45. The zero-order valence-electron chi connectivity index (χ0n) is 15.6. The van der Waals surface area contributed by atoms with Gasteiger partial charge in [0.05, 0.1) is 0 Å². The van der Waals surface area contributed by atoms with Gasteiger partial charge >= 0.3 is 0 Å². The summed E-state index contributed by atoms with van der Waals surface area (Å²) >= 11 is 1.85. The molecule has 0 saturated carbocycles. The van der Waals surface area contributed by atoms with Crippen LogP contribution in [-0.4, -0.2) is 0 Å². The van der Waals surface area contributed by atoms with Gasteiger partial charge in [-0.25, -0.2) is 0 Å². The molecule has 0 radical (unpaired) electrons. The van der Waals surface area contributed by atoms with Crippen molar-refractivity contribution in [2.75, 3.05) is 0 Å². The Bertz CT molecular complexity index is 954. The van der Waals surface area contributed by atoms with Crippen LogP contribution in [0.15, 0.2) is 102 Å². The molecule has 0 aliphatic heterocycles. The summed E-state index contributed by atoms with van der Waals surface area (Å²) in [5.41, 5.74) is 5.43. The second-order valence-electron chi connectivity index (χ2n) is 7.42. The molecule has 0 aliphatic rings. The molecule has 0 nitrogen and oxygen atoms in total. The van der Waals surface area contributed by atoms with Crippen molar-refractivity contribution >= 4 is 11.3 Å². The van der Waals surface area contributed by atoms with Gasteiger partial charge in [0.15, 0.2) is 0 Å². The van der Waals surface area contributed by atoms with Gasteiger partial charge in [0.2, 0.25) is 0 Å². The molecule has 0 amide bonds. The van der Waals surface area contributed by atoms with E-state index in [1.165, 1.54) is 27.1 Å². The lowest BCUT2D eigenvalue weighted by Gasteiger charge is -2.30. The Morgan fingerprint density at radius 3 is 1.89 bits per heavy atom. The lowest BCUT2D eigenvalue weighted by atomic mass is 9.74. The quantitative estimate of drug-likeness (QED) is 0.339. The monoisotopic (exact) mass is 368 g/mol. The Balaban J connectivity index is 1.62. The van der Waals surface area contributed by atoms with E-state index in [-0.39, 0.29) is 5.41 Å². The summed E-state index contributed by atoms with van der Waals surface area (Å²) in [6.07, 6.45) is 2.10. The molecule has 0 aliphatic carbocycles. The molecule has 134 valence electrons. The summed E-state index contributed by atoms with van der Waals surface area (Å²) in [5.74, 6) is 0. The molecule has 0 saturated heterocycles. The average molecular weight is 369 g/mol. The first-order chi connectivity index (χ1) is 13.2. The average Bonchev–Trinajstić information content (AvgIpc) is 3.23. The minimum absolute atomic E-state index is 0.0837. The highest BCUT2D eigenvalue weighted by Gasteiger charge is 2.27. The fraction of sp³-hybridized carbons (Fsp3) is 0.154. The van der Waals surface area contributed by atoms with E-state index in [0.29, 0.717) is 0 Å². The van der Waals surface area contributed by atoms with Gasteiger partial charge in [-0.1, -0.05) is 97.9 Å². The van der Waals surface area contributed by atoms with E-state index in [2.05, 4.69) is 109 Å². The summed E-state index contributed by atoms with van der Waals surface area (Å²) in [6, 6.07) is 35.0. The Hall–Kier alpha value is -2.64. The van der Waals surface area contributed by atoms with Crippen LogP contribution < -0.4 is 0 Å². The van der Waals surface area contributed by atoms with Gasteiger partial charge in [0.25, 0.3) is 0 Å². The Morgan fingerprint density at radius 2 is 1.26 bits per heavy atom. The van der Waals surface area contributed by atoms with Crippen LogP contribution in [0.2, 0.25) is 0 Å². The molecule has 27 heavy (non-hydrogen) atoms. The van der Waals surface area contributed by atoms with Crippen molar-refractivity contribution in [3.8, 4) is 11.1 Å². The molecule has 0 spiro atoms. The SMILES string of the molecule is CC(Cc1ccc(-c2ccccc2)cc1)(Cc1cccs1)c1ccccc1. The zero-order chi connectivity index (χ0) is 18.5. The van der Waals surface area contributed by atoms with Crippen LogP contribution in [0.1, 0.15) is 22.9 Å². The maximum Gasteiger partial charge on any atom is 0.00540 e. The van der Waals surface area contributed by atoms with Gasteiger partial charge < -0.3 is 0 Å². The smallest absolute Gasteiger partial charge is 0.00540 e. The first-order valence-corrected chi connectivity index (χ1v) is 10.3. The van der Waals surface area contributed by atoms with E-state index >= 15 is 0 Å². The van der Waals surface area contributed by atoms with Crippen molar-refractivity contribution < 1.29 is 0 Å². The van der Waals surface area contributed by atoms with Crippen molar-refractivity contribution in [3.05, 3.63) is 118 Å². The van der Waals surface area contributed by atoms with Gasteiger partial charge in [0.1, 0.15) is 0 Å². The van der Waals surface area contributed by atoms with Crippen LogP contribution >= 0.6 is 11.3 Å². The molecule has 4 rings (SSSR count). The summed E-state index contributed by atoms with van der Waals surface area (Å²) in [5, 5.41) is 2.18. The number of benzene rings is 3. The molecule has 0 fully saturated rings. The van der Waals surface area contributed by atoms with Crippen molar-refractivity contribution in [3.63, 3.8) is 0 Å². The zero-order valence-corrected chi connectivity index (χ0v) is 16.5. The van der Waals surface area contributed by atoms with Crippen LogP contribution in [-0.2, 0) is 18.3 Å². The number of rotatable bonds is 6. The van der Waals surface area contributed by atoms with Crippen LogP contribution in [0.25, 0.3) is 11.1 Å². The second-order valence-corrected chi connectivity index (χ2v) is 8.45. The Morgan fingerprint density at radius 1 is 0.630 bits per heavy atom. The molecule has 1 heterocycles. The van der Waals surface area contributed by atoms with Gasteiger partial charge in [-0.2, -0.15) is 0 Å². The summed E-state index contributed by atoms with van der Waals surface area (Å²) in [4.78, 5) is 1.45. The van der Waals surface area contributed by atoms with Crippen molar-refractivity contribution in [2.24, 2.45) is 0 Å². The van der Waals surface area contributed by atoms with Gasteiger partial charge in [-0.15, -0.1) is 11.3 Å². The normalized spacial score (nSPS) is 13.2. The number of thiophene rings is 1. The fourth-order valence-corrected chi connectivity index (χ4v) is 4.69. The van der Waals surface area contributed by atoms with E-state index in [4.69, 9.17) is 0 Å². The van der Waals surface area contributed by atoms with Crippen LogP contribution in [0.4, 0.5) is 0 Å². The topological polar surface area (TPSA) is 0 Å². The summed E-state index contributed by atoms with van der Waals surface area (Å²) in [7, 11) is 0. The third kappa shape index (κ3) is 4.20. The largest absolute Gasteiger partial charge is 0.149 e. The molecule has 1 aromatic heterocycles. The van der Waals surface area contributed by atoms with E-state index in [1.807, 2.05) is 11.3 Å². The molecule has 0 N–H and O–H groups in total. The molecule has 1 heteroatoms. The molecular weight excluding hydrogens is 344 g/mol. The predicted octanol–water partition coefficient (Wildman–Crippen LogP) is 7.16. The van der Waals surface area contributed by atoms with Crippen LogP contribution in [0, 0.1) is 0 Å². The maximum atomic E-state index is 2.40. The van der Waals surface area contributed by atoms with Gasteiger partial charge in [-0.3, -0.25) is 0 Å².